The van der Waals surface area contributed by atoms with Crippen LogP contribution in [-0.4, -0.2) is 37.5 Å². The molecule has 2 rings (SSSR count). The average Bonchev–Trinajstić information content (AvgIpc) is 2.50. The van der Waals surface area contributed by atoms with Crippen LogP contribution in [0.1, 0.15) is 31.7 Å². The minimum atomic E-state index is 0.863. The van der Waals surface area contributed by atoms with Gasteiger partial charge in [0.1, 0.15) is 0 Å². The topological polar surface area (TPSA) is 27.6 Å². The summed E-state index contributed by atoms with van der Waals surface area (Å²) in [5, 5.41) is 3.50. The number of guanidine groups is 1. The molecule has 1 aliphatic rings. The van der Waals surface area contributed by atoms with Crippen LogP contribution in [0.3, 0.4) is 0 Å². The van der Waals surface area contributed by atoms with Gasteiger partial charge in [-0.05, 0) is 37.2 Å². The molecule has 1 aromatic rings. The van der Waals surface area contributed by atoms with Gasteiger partial charge in [0.25, 0.3) is 0 Å². The minimum Gasteiger partial charge on any atom is -0.356 e. The number of likely N-dealkylation sites (tertiary alicyclic amines) is 1. The molecular formula is C17H27N3. The maximum Gasteiger partial charge on any atom is 0.193 e. The van der Waals surface area contributed by atoms with Crippen LogP contribution in [0.15, 0.2) is 35.3 Å². The quantitative estimate of drug-likeness (QED) is 0.519. The molecule has 1 N–H and O–H groups in total. The SMILES string of the molecule is CN=C(NCCCc1ccccc1)N1CCC(C)CC1. The number of hydrogen-bond acceptors (Lipinski definition) is 1. The Balaban J connectivity index is 1.69. The van der Waals surface area contributed by atoms with Gasteiger partial charge in [-0.3, -0.25) is 4.99 Å². The third kappa shape index (κ3) is 4.55. The third-order valence-electron chi connectivity index (χ3n) is 4.06. The zero-order chi connectivity index (χ0) is 14.2. The van der Waals surface area contributed by atoms with Gasteiger partial charge in [-0.2, -0.15) is 0 Å². The summed E-state index contributed by atoms with van der Waals surface area (Å²) in [6.45, 7) is 5.61. The summed E-state index contributed by atoms with van der Waals surface area (Å²) in [7, 11) is 1.89. The summed E-state index contributed by atoms with van der Waals surface area (Å²) >= 11 is 0. The Labute approximate surface area is 123 Å². The van der Waals surface area contributed by atoms with Crippen molar-refractivity contribution in [2.24, 2.45) is 10.9 Å². The van der Waals surface area contributed by atoms with Crippen molar-refractivity contribution < 1.29 is 0 Å². The van der Waals surface area contributed by atoms with E-state index in [-0.39, 0.29) is 0 Å². The van der Waals surface area contributed by atoms with Crippen molar-refractivity contribution in [3.8, 4) is 0 Å². The lowest BCUT2D eigenvalue weighted by atomic mass is 10.00. The van der Waals surface area contributed by atoms with Crippen LogP contribution in [0, 0.1) is 5.92 Å². The van der Waals surface area contributed by atoms with E-state index in [4.69, 9.17) is 0 Å². The molecule has 0 bridgehead atoms. The summed E-state index contributed by atoms with van der Waals surface area (Å²) in [5.74, 6) is 1.94. The first-order valence-corrected chi connectivity index (χ1v) is 7.79. The number of nitrogens with one attached hydrogen (secondary N) is 1. The van der Waals surface area contributed by atoms with Crippen molar-refractivity contribution in [1.29, 1.82) is 0 Å². The van der Waals surface area contributed by atoms with Crippen LogP contribution in [-0.2, 0) is 6.42 Å². The summed E-state index contributed by atoms with van der Waals surface area (Å²) < 4.78 is 0. The van der Waals surface area contributed by atoms with E-state index in [2.05, 4.69) is 52.5 Å². The van der Waals surface area contributed by atoms with E-state index in [1.54, 1.807) is 0 Å². The zero-order valence-electron chi connectivity index (χ0n) is 12.8. The monoisotopic (exact) mass is 273 g/mol. The zero-order valence-corrected chi connectivity index (χ0v) is 12.8. The minimum absolute atomic E-state index is 0.863. The highest BCUT2D eigenvalue weighted by atomic mass is 15.3. The second kappa shape index (κ2) is 7.93. The van der Waals surface area contributed by atoms with Crippen LogP contribution >= 0.6 is 0 Å². The molecule has 3 nitrogen and oxygen atoms in total. The molecule has 1 saturated heterocycles. The summed E-state index contributed by atoms with van der Waals surface area (Å²) in [6.07, 6.45) is 4.84. The Morgan fingerprint density at radius 3 is 2.60 bits per heavy atom. The molecular weight excluding hydrogens is 246 g/mol. The van der Waals surface area contributed by atoms with E-state index in [1.807, 2.05) is 7.05 Å². The number of nitrogens with zero attached hydrogens (tertiary/aromatic N) is 2. The standard InChI is InChI=1S/C17H27N3/c1-15-10-13-20(14-11-15)17(18-2)19-12-6-9-16-7-4-3-5-8-16/h3-5,7-8,15H,6,9-14H2,1-2H3,(H,18,19). The molecule has 20 heavy (non-hydrogen) atoms. The van der Waals surface area contributed by atoms with Crippen molar-refractivity contribution in [2.75, 3.05) is 26.7 Å². The van der Waals surface area contributed by atoms with Crippen LogP contribution in [0.2, 0.25) is 0 Å². The molecule has 1 aliphatic heterocycles. The fraction of sp³-hybridized carbons (Fsp3) is 0.588. The van der Waals surface area contributed by atoms with Gasteiger partial charge in [0, 0.05) is 26.7 Å². The molecule has 110 valence electrons. The summed E-state index contributed by atoms with van der Waals surface area (Å²) in [6, 6.07) is 10.7. The number of benzene rings is 1. The molecule has 1 fully saturated rings. The van der Waals surface area contributed by atoms with Gasteiger partial charge in [-0.1, -0.05) is 37.3 Å². The van der Waals surface area contributed by atoms with Gasteiger partial charge in [0.2, 0.25) is 0 Å². The van der Waals surface area contributed by atoms with Crippen molar-refractivity contribution in [3.05, 3.63) is 35.9 Å². The first-order valence-electron chi connectivity index (χ1n) is 7.79. The maximum atomic E-state index is 4.41. The van der Waals surface area contributed by atoms with E-state index in [9.17, 15) is 0 Å². The van der Waals surface area contributed by atoms with Crippen LogP contribution < -0.4 is 5.32 Å². The average molecular weight is 273 g/mol. The van der Waals surface area contributed by atoms with Gasteiger partial charge in [-0.15, -0.1) is 0 Å². The maximum absolute atomic E-state index is 4.41. The molecule has 0 atom stereocenters. The molecule has 1 aromatic carbocycles. The van der Waals surface area contributed by atoms with Gasteiger partial charge in [0.05, 0.1) is 0 Å². The Kier molecular flexibility index (Phi) is 5.90. The van der Waals surface area contributed by atoms with Crippen molar-refractivity contribution in [3.63, 3.8) is 0 Å². The lowest BCUT2D eigenvalue weighted by Crippen LogP contribution is -2.45. The first-order chi connectivity index (χ1) is 9.79. The van der Waals surface area contributed by atoms with E-state index in [0.717, 1.165) is 44.4 Å². The predicted octanol–water partition coefficient (Wildman–Crippen LogP) is 2.93. The molecule has 0 aliphatic carbocycles. The van der Waals surface area contributed by atoms with E-state index in [1.165, 1.54) is 18.4 Å². The number of hydrogen-bond donors (Lipinski definition) is 1. The summed E-state index contributed by atoms with van der Waals surface area (Å²) in [4.78, 5) is 6.80. The Hall–Kier alpha value is -1.51. The number of aryl methyl sites for hydroxylation is 1. The molecule has 0 amide bonds. The smallest absolute Gasteiger partial charge is 0.193 e. The fourth-order valence-corrected chi connectivity index (χ4v) is 2.69. The van der Waals surface area contributed by atoms with E-state index < -0.39 is 0 Å². The number of piperidine rings is 1. The molecule has 0 radical (unpaired) electrons. The molecule has 0 aromatic heterocycles. The Morgan fingerprint density at radius 2 is 1.95 bits per heavy atom. The number of aliphatic imine (C=N–C) groups is 1. The van der Waals surface area contributed by atoms with Crippen molar-refractivity contribution >= 4 is 5.96 Å². The molecule has 0 unspecified atom stereocenters. The first kappa shape index (κ1) is 14.9. The normalized spacial score (nSPS) is 17.3. The van der Waals surface area contributed by atoms with Gasteiger partial charge < -0.3 is 10.2 Å². The lowest BCUT2D eigenvalue weighted by Gasteiger charge is -2.32. The highest BCUT2D eigenvalue weighted by molar-refractivity contribution is 5.79. The van der Waals surface area contributed by atoms with Crippen molar-refractivity contribution in [2.45, 2.75) is 32.6 Å². The fourth-order valence-electron chi connectivity index (χ4n) is 2.69. The lowest BCUT2D eigenvalue weighted by molar-refractivity contribution is 0.273. The third-order valence-corrected chi connectivity index (χ3v) is 4.06. The highest BCUT2D eigenvalue weighted by Crippen LogP contribution is 2.15. The van der Waals surface area contributed by atoms with Crippen LogP contribution in [0.25, 0.3) is 0 Å². The van der Waals surface area contributed by atoms with Gasteiger partial charge >= 0.3 is 0 Å². The molecule has 0 saturated carbocycles. The molecule has 0 spiro atoms. The van der Waals surface area contributed by atoms with Crippen LogP contribution in [0.5, 0.6) is 0 Å². The second-order valence-corrected chi connectivity index (χ2v) is 5.73. The predicted molar refractivity (Wildman–Crippen MR) is 86.1 cm³/mol. The second-order valence-electron chi connectivity index (χ2n) is 5.73. The van der Waals surface area contributed by atoms with E-state index in [0.29, 0.717) is 0 Å². The Bertz CT molecular complexity index is 406. The van der Waals surface area contributed by atoms with E-state index >= 15 is 0 Å². The van der Waals surface area contributed by atoms with Gasteiger partial charge in [-0.25, -0.2) is 0 Å². The van der Waals surface area contributed by atoms with Crippen molar-refractivity contribution in [1.82, 2.24) is 10.2 Å². The summed E-state index contributed by atoms with van der Waals surface area (Å²) in [5.41, 5.74) is 1.41. The highest BCUT2D eigenvalue weighted by Gasteiger charge is 2.17. The number of rotatable bonds is 4. The largest absolute Gasteiger partial charge is 0.356 e. The van der Waals surface area contributed by atoms with Crippen LogP contribution in [0.4, 0.5) is 0 Å². The molecule has 3 heteroatoms. The van der Waals surface area contributed by atoms with Gasteiger partial charge in [0.15, 0.2) is 5.96 Å². The Morgan fingerprint density at radius 1 is 1.25 bits per heavy atom. The molecule has 1 heterocycles.